The second-order valence-electron chi connectivity index (χ2n) is 4.27. The number of aromatic nitrogens is 4. The zero-order valence-corrected chi connectivity index (χ0v) is 10.9. The van der Waals surface area contributed by atoms with E-state index in [1.807, 2.05) is 0 Å². The Morgan fingerprint density at radius 3 is 2.90 bits per heavy atom. The van der Waals surface area contributed by atoms with Gasteiger partial charge in [0.25, 0.3) is 0 Å². The van der Waals surface area contributed by atoms with Gasteiger partial charge in [-0.1, -0.05) is 0 Å². The lowest BCUT2D eigenvalue weighted by Crippen LogP contribution is -2.44. The van der Waals surface area contributed by atoms with E-state index in [4.69, 9.17) is 5.11 Å². The molecule has 0 bridgehead atoms. The Balaban J connectivity index is 2.00. The van der Waals surface area contributed by atoms with E-state index < -0.39 is 23.6 Å². The second-order valence-corrected chi connectivity index (χ2v) is 4.27. The molecule has 9 nitrogen and oxygen atoms in total. The summed E-state index contributed by atoms with van der Waals surface area (Å²) in [6.45, 7) is -0.292. The molecule has 0 aliphatic rings. The number of carbonyl (C=O) groups excluding carboxylic acids is 1. The summed E-state index contributed by atoms with van der Waals surface area (Å²) in [6, 6.07) is 0.402. The summed E-state index contributed by atoms with van der Waals surface area (Å²) in [5, 5.41) is 11.5. The predicted octanol–water partition coefficient (Wildman–Crippen LogP) is -1.22. The van der Waals surface area contributed by atoms with E-state index in [0.29, 0.717) is 5.69 Å². The first kappa shape index (κ1) is 14.4. The van der Waals surface area contributed by atoms with Crippen LogP contribution in [0.4, 0.5) is 0 Å². The van der Waals surface area contributed by atoms with Crippen LogP contribution in [0.5, 0.6) is 0 Å². The highest BCUT2D eigenvalue weighted by Crippen LogP contribution is 1.99. The van der Waals surface area contributed by atoms with Crippen LogP contribution < -0.4 is 11.0 Å². The summed E-state index contributed by atoms with van der Waals surface area (Å²) in [7, 11) is 0. The summed E-state index contributed by atoms with van der Waals surface area (Å²) in [4.78, 5) is 44.4. The van der Waals surface area contributed by atoms with Gasteiger partial charge >= 0.3 is 11.7 Å². The molecule has 2 heterocycles. The fourth-order valence-electron chi connectivity index (χ4n) is 1.72. The van der Waals surface area contributed by atoms with Crippen LogP contribution in [0.25, 0.3) is 0 Å². The number of aromatic amines is 1. The number of carboxylic acid groups (broad SMARTS) is 1. The molecule has 2 rings (SSSR count). The van der Waals surface area contributed by atoms with Crippen molar-refractivity contribution in [3.05, 3.63) is 47.2 Å². The van der Waals surface area contributed by atoms with Gasteiger partial charge in [0.05, 0.1) is 6.33 Å². The number of aliphatic carboxylic acids is 1. The minimum atomic E-state index is -1.17. The van der Waals surface area contributed by atoms with Crippen LogP contribution in [0.1, 0.15) is 5.69 Å². The summed E-state index contributed by atoms with van der Waals surface area (Å²) >= 11 is 0. The molecular formula is C12H13N5O4. The third-order valence-electron chi connectivity index (χ3n) is 2.71. The highest BCUT2D eigenvalue weighted by molar-refractivity contribution is 5.83. The molecule has 0 aliphatic carbocycles. The lowest BCUT2D eigenvalue weighted by molar-refractivity contribution is -0.141. The van der Waals surface area contributed by atoms with Gasteiger partial charge in [-0.3, -0.25) is 9.36 Å². The standard InChI is InChI=1S/C12H13N5O4/c18-10(6-17-3-1-2-14-12(17)21)16-9(11(19)20)4-8-5-13-7-15-8/h1-3,5,7,9H,4,6H2,(H,13,15)(H,16,18)(H,19,20)/t9-/m1/s1. The largest absolute Gasteiger partial charge is 0.480 e. The van der Waals surface area contributed by atoms with Crippen molar-refractivity contribution in [2.75, 3.05) is 0 Å². The lowest BCUT2D eigenvalue weighted by atomic mass is 10.1. The van der Waals surface area contributed by atoms with Crippen LogP contribution in [-0.2, 0) is 22.6 Å². The Kier molecular flexibility index (Phi) is 4.44. The van der Waals surface area contributed by atoms with Crippen molar-refractivity contribution in [1.29, 1.82) is 0 Å². The van der Waals surface area contributed by atoms with Gasteiger partial charge in [-0.15, -0.1) is 0 Å². The summed E-state index contributed by atoms with van der Waals surface area (Å²) in [6.07, 6.45) is 5.69. The molecule has 2 aromatic heterocycles. The fraction of sp³-hybridized carbons (Fsp3) is 0.250. The average Bonchev–Trinajstić information content (AvgIpc) is 2.93. The third kappa shape index (κ3) is 4.00. The molecule has 0 aliphatic heterocycles. The second kappa shape index (κ2) is 6.46. The van der Waals surface area contributed by atoms with Crippen molar-refractivity contribution < 1.29 is 14.7 Å². The van der Waals surface area contributed by atoms with Crippen LogP contribution in [-0.4, -0.2) is 42.5 Å². The molecule has 0 fully saturated rings. The molecule has 0 radical (unpaired) electrons. The van der Waals surface area contributed by atoms with E-state index in [0.717, 1.165) is 4.57 Å². The molecule has 0 aromatic carbocycles. The Bertz CT molecular complexity index is 679. The molecule has 3 N–H and O–H groups in total. The van der Waals surface area contributed by atoms with Gasteiger partial charge in [0, 0.05) is 30.7 Å². The highest BCUT2D eigenvalue weighted by Gasteiger charge is 2.21. The molecule has 1 amide bonds. The Morgan fingerprint density at radius 1 is 1.48 bits per heavy atom. The maximum atomic E-state index is 11.8. The Morgan fingerprint density at radius 2 is 2.29 bits per heavy atom. The zero-order valence-electron chi connectivity index (χ0n) is 10.9. The maximum Gasteiger partial charge on any atom is 0.347 e. The first-order valence-corrected chi connectivity index (χ1v) is 6.07. The lowest BCUT2D eigenvalue weighted by Gasteiger charge is -2.14. The third-order valence-corrected chi connectivity index (χ3v) is 2.71. The van der Waals surface area contributed by atoms with Crippen LogP contribution in [0, 0.1) is 0 Å². The number of nitrogens with zero attached hydrogens (tertiary/aromatic N) is 3. The van der Waals surface area contributed by atoms with Gasteiger partial charge in [0.1, 0.15) is 12.6 Å². The maximum absolute atomic E-state index is 11.8. The molecule has 2 aromatic rings. The van der Waals surface area contributed by atoms with Gasteiger partial charge in [-0.05, 0) is 6.07 Å². The first-order valence-electron chi connectivity index (χ1n) is 6.07. The SMILES string of the molecule is O=C(Cn1cccnc1=O)N[C@H](Cc1cnc[nH]1)C(=O)O. The minimum Gasteiger partial charge on any atom is -0.480 e. The quantitative estimate of drug-likeness (QED) is 0.611. The van der Waals surface area contributed by atoms with Gasteiger partial charge in [0.15, 0.2) is 0 Å². The molecule has 0 spiro atoms. The van der Waals surface area contributed by atoms with Crippen LogP contribution in [0.15, 0.2) is 35.8 Å². The number of nitrogens with one attached hydrogen (secondary N) is 2. The molecule has 110 valence electrons. The average molecular weight is 291 g/mol. The van der Waals surface area contributed by atoms with E-state index in [1.54, 1.807) is 0 Å². The predicted molar refractivity (Wildman–Crippen MR) is 70.4 cm³/mol. The summed E-state index contributed by atoms with van der Waals surface area (Å²) in [5.74, 6) is -1.76. The number of carbonyl (C=O) groups is 2. The molecule has 9 heteroatoms. The molecule has 0 unspecified atom stereocenters. The van der Waals surface area contributed by atoms with Crippen molar-refractivity contribution in [3.63, 3.8) is 0 Å². The van der Waals surface area contributed by atoms with E-state index in [2.05, 4.69) is 20.3 Å². The van der Waals surface area contributed by atoms with Crippen molar-refractivity contribution >= 4 is 11.9 Å². The Labute approximate surface area is 118 Å². The number of hydrogen-bond donors (Lipinski definition) is 3. The molecular weight excluding hydrogens is 278 g/mol. The highest BCUT2D eigenvalue weighted by atomic mass is 16.4. The van der Waals surface area contributed by atoms with Gasteiger partial charge in [0.2, 0.25) is 5.91 Å². The summed E-state index contributed by atoms with van der Waals surface area (Å²) < 4.78 is 1.09. The first-order chi connectivity index (χ1) is 10.1. The number of amides is 1. The smallest absolute Gasteiger partial charge is 0.347 e. The number of carboxylic acids is 1. The monoisotopic (exact) mass is 291 g/mol. The van der Waals surface area contributed by atoms with Crippen molar-refractivity contribution in [1.82, 2.24) is 24.8 Å². The zero-order chi connectivity index (χ0) is 15.2. The number of imidazole rings is 1. The van der Waals surface area contributed by atoms with Crippen molar-refractivity contribution in [2.24, 2.45) is 0 Å². The van der Waals surface area contributed by atoms with E-state index >= 15 is 0 Å². The van der Waals surface area contributed by atoms with Crippen molar-refractivity contribution in [2.45, 2.75) is 19.0 Å². The number of hydrogen-bond acceptors (Lipinski definition) is 5. The van der Waals surface area contributed by atoms with Crippen LogP contribution in [0.2, 0.25) is 0 Å². The number of H-pyrrole nitrogens is 1. The molecule has 1 atom stereocenters. The van der Waals surface area contributed by atoms with Crippen molar-refractivity contribution in [3.8, 4) is 0 Å². The number of rotatable bonds is 6. The fourth-order valence-corrected chi connectivity index (χ4v) is 1.72. The van der Waals surface area contributed by atoms with E-state index in [9.17, 15) is 14.4 Å². The van der Waals surface area contributed by atoms with Gasteiger partial charge in [-0.25, -0.2) is 19.6 Å². The van der Waals surface area contributed by atoms with Crippen LogP contribution >= 0.6 is 0 Å². The summed E-state index contributed by atoms with van der Waals surface area (Å²) in [5.41, 5.74) is 0.00865. The molecule has 0 saturated carbocycles. The topological polar surface area (TPSA) is 130 Å². The van der Waals surface area contributed by atoms with E-state index in [-0.39, 0.29) is 13.0 Å². The van der Waals surface area contributed by atoms with Crippen LogP contribution in [0.3, 0.4) is 0 Å². The molecule has 0 saturated heterocycles. The normalized spacial score (nSPS) is 11.8. The molecule has 21 heavy (non-hydrogen) atoms. The van der Waals surface area contributed by atoms with Gasteiger partial charge < -0.3 is 15.4 Å². The minimum absolute atomic E-state index is 0.0724. The Hall–Kier alpha value is -2.97. The van der Waals surface area contributed by atoms with Gasteiger partial charge in [-0.2, -0.15) is 0 Å². The van der Waals surface area contributed by atoms with E-state index in [1.165, 1.54) is 31.0 Å².